The second-order valence-electron chi connectivity index (χ2n) is 10.7. The fourth-order valence-corrected chi connectivity index (χ4v) is 10.2. The number of amides is 1. The second kappa shape index (κ2) is 9.93. The molecule has 0 bridgehead atoms. The van der Waals surface area contributed by atoms with Crippen molar-refractivity contribution < 1.29 is 30.4 Å². The van der Waals surface area contributed by atoms with Crippen LogP contribution in [0.15, 0.2) is 59.5 Å². The minimum atomic E-state index is -4.24. The minimum Gasteiger partial charge on any atom is -0.319 e. The van der Waals surface area contributed by atoms with Crippen LogP contribution in [0.3, 0.4) is 0 Å². The molecule has 1 spiro atoms. The number of hydrogen-bond acceptors (Lipinski definition) is 5. The van der Waals surface area contributed by atoms with Crippen molar-refractivity contribution in [2.75, 3.05) is 21.1 Å². The van der Waals surface area contributed by atoms with Crippen LogP contribution in [0.25, 0.3) is 0 Å². The highest BCUT2D eigenvalue weighted by molar-refractivity contribution is 7.93. The fraction of sp³-hybridized carbons (Fsp3) is 0.321. The summed E-state index contributed by atoms with van der Waals surface area (Å²) in [5.41, 5.74) is -0.525. The number of carbonyl (C=O) groups is 1. The molecule has 3 aromatic carbocycles. The maximum Gasteiger partial charge on any atom is 0.264 e. The summed E-state index contributed by atoms with van der Waals surface area (Å²) in [5, 5.41) is 2.66. The van der Waals surface area contributed by atoms with Gasteiger partial charge >= 0.3 is 0 Å². The molecule has 13 heteroatoms. The summed E-state index contributed by atoms with van der Waals surface area (Å²) in [5.74, 6) is -2.43. The molecule has 0 radical (unpaired) electrons. The van der Waals surface area contributed by atoms with E-state index in [4.69, 9.17) is 23.2 Å². The first-order valence-electron chi connectivity index (χ1n) is 12.9. The van der Waals surface area contributed by atoms with Crippen LogP contribution in [0, 0.1) is 17.6 Å². The van der Waals surface area contributed by atoms with E-state index in [9.17, 15) is 30.4 Å². The van der Waals surface area contributed by atoms with E-state index in [0.29, 0.717) is 5.56 Å². The summed E-state index contributed by atoms with van der Waals surface area (Å²) in [6, 6.07) is 10.4. The van der Waals surface area contributed by atoms with Gasteiger partial charge in [0.25, 0.3) is 15.9 Å². The molecule has 1 saturated heterocycles. The lowest BCUT2D eigenvalue weighted by Crippen LogP contribution is -2.52. The van der Waals surface area contributed by atoms with Crippen LogP contribution in [0.1, 0.15) is 41.6 Å². The fourth-order valence-electron chi connectivity index (χ4n) is 6.21. The van der Waals surface area contributed by atoms with Crippen LogP contribution in [-0.2, 0) is 25.3 Å². The standard InChI is InChI=1S/C28H24Cl2F2N2O5S2/c29-17-3-9-21(32)22(15-17)33-27(35)20-8-10-23-24(25(20)30)28(11-13-40(36,37)14-12-28)26(16-1-2-16)34(23)41(38,39)19-6-4-18(31)5-7-19/h3-10,15-16,26H,1-2,11-14H2,(H,33,35). The van der Waals surface area contributed by atoms with Crippen molar-refractivity contribution in [2.24, 2.45) is 5.92 Å². The van der Waals surface area contributed by atoms with Crippen molar-refractivity contribution in [3.63, 3.8) is 0 Å². The maximum atomic E-state index is 14.4. The third-order valence-electron chi connectivity index (χ3n) is 8.25. The van der Waals surface area contributed by atoms with Gasteiger partial charge in [0, 0.05) is 16.0 Å². The zero-order chi connectivity index (χ0) is 29.3. The van der Waals surface area contributed by atoms with Crippen molar-refractivity contribution in [2.45, 2.75) is 42.0 Å². The van der Waals surface area contributed by atoms with Crippen LogP contribution in [0.2, 0.25) is 10.0 Å². The van der Waals surface area contributed by atoms with E-state index >= 15 is 0 Å². The Hall–Kier alpha value is -2.73. The van der Waals surface area contributed by atoms with E-state index in [1.54, 1.807) is 0 Å². The second-order valence-corrected chi connectivity index (χ2v) is 15.7. The number of sulfonamides is 1. The predicted molar refractivity (Wildman–Crippen MR) is 153 cm³/mol. The summed E-state index contributed by atoms with van der Waals surface area (Å²) in [7, 11) is -7.60. The van der Waals surface area contributed by atoms with Crippen molar-refractivity contribution in [3.05, 3.63) is 87.4 Å². The minimum absolute atomic E-state index is 0.0202. The lowest BCUT2D eigenvalue weighted by molar-refractivity contribution is 0.102. The molecule has 1 N–H and O–H groups in total. The molecule has 0 aromatic heterocycles. The van der Waals surface area contributed by atoms with Crippen LogP contribution in [0.4, 0.5) is 20.2 Å². The third kappa shape index (κ3) is 4.80. The highest BCUT2D eigenvalue weighted by Gasteiger charge is 2.61. The summed E-state index contributed by atoms with van der Waals surface area (Å²) in [6.45, 7) is 0. The SMILES string of the molecule is O=C(Nc1cc(Cl)ccc1F)c1ccc2c(c1Cl)C1(CCS(=O)(=O)CC1)C(C1CC1)N2S(=O)(=O)c1ccc(F)cc1. The largest absolute Gasteiger partial charge is 0.319 e. The molecule has 2 aliphatic heterocycles. The Morgan fingerprint density at radius 3 is 2.27 bits per heavy atom. The number of carbonyl (C=O) groups excluding carboxylic acids is 1. The van der Waals surface area contributed by atoms with Crippen LogP contribution < -0.4 is 9.62 Å². The smallest absolute Gasteiger partial charge is 0.264 e. The third-order valence-corrected chi connectivity index (χ3v) is 12.3. The Balaban J connectivity index is 1.52. The van der Waals surface area contributed by atoms with E-state index in [1.807, 2.05) is 0 Å². The van der Waals surface area contributed by atoms with E-state index in [2.05, 4.69) is 5.32 Å². The average Bonchev–Trinajstić information content (AvgIpc) is 3.71. The topological polar surface area (TPSA) is 101 Å². The van der Waals surface area contributed by atoms with Crippen molar-refractivity contribution >= 4 is 60.3 Å². The molecule has 7 nitrogen and oxygen atoms in total. The van der Waals surface area contributed by atoms with Gasteiger partial charge in [-0.25, -0.2) is 25.6 Å². The highest BCUT2D eigenvalue weighted by atomic mass is 35.5. The Labute approximate surface area is 246 Å². The summed E-state index contributed by atoms with van der Waals surface area (Å²) < 4.78 is 82.8. The van der Waals surface area contributed by atoms with Gasteiger partial charge in [-0.05, 0) is 86.2 Å². The number of sulfone groups is 1. The Morgan fingerprint density at radius 1 is 0.976 bits per heavy atom. The quantitative estimate of drug-likeness (QED) is 0.371. The summed E-state index contributed by atoms with van der Waals surface area (Å²) >= 11 is 12.9. The van der Waals surface area contributed by atoms with Gasteiger partial charge in [0.15, 0.2) is 0 Å². The molecule has 1 saturated carbocycles. The van der Waals surface area contributed by atoms with Crippen LogP contribution in [-0.4, -0.2) is 40.3 Å². The monoisotopic (exact) mass is 640 g/mol. The Morgan fingerprint density at radius 2 is 1.63 bits per heavy atom. The summed E-state index contributed by atoms with van der Waals surface area (Å²) in [6.07, 6.45) is 1.71. The molecule has 1 aliphatic carbocycles. The van der Waals surface area contributed by atoms with Gasteiger partial charge in [0.2, 0.25) is 0 Å². The van der Waals surface area contributed by atoms with Crippen molar-refractivity contribution in [1.82, 2.24) is 0 Å². The molecule has 216 valence electrons. The zero-order valence-corrected chi connectivity index (χ0v) is 24.6. The molecule has 41 heavy (non-hydrogen) atoms. The van der Waals surface area contributed by atoms with Gasteiger partial charge in [-0.3, -0.25) is 9.10 Å². The number of anilines is 2. The van der Waals surface area contributed by atoms with Gasteiger partial charge in [-0.2, -0.15) is 0 Å². The lowest BCUT2D eigenvalue weighted by Gasteiger charge is -2.42. The number of benzene rings is 3. The van der Waals surface area contributed by atoms with Crippen LogP contribution >= 0.6 is 23.2 Å². The number of nitrogens with zero attached hydrogens (tertiary/aromatic N) is 1. The van der Waals surface area contributed by atoms with Gasteiger partial charge in [0.1, 0.15) is 21.5 Å². The molecular weight excluding hydrogens is 617 g/mol. The van der Waals surface area contributed by atoms with E-state index < -0.39 is 48.9 Å². The van der Waals surface area contributed by atoms with Gasteiger partial charge in [-0.15, -0.1) is 0 Å². The molecule has 1 atom stereocenters. The Kier molecular flexibility index (Phi) is 6.88. The normalized spacial score (nSPS) is 21.1. The summed E-state index contributed by atoms with van der Waals surface area (Å²) in [4.78, 5) is 13.2. The molecule has 1 unspecified atom stereocenters. The van der Waals surface area contributed by atoms with Gasteiger partial charge < -0.3 is 5.32 Å². The van der Waals surface area contributed by atoms with E-state index in [1.165, 1.54) is 40.7 Å². The number of halogens is 4. The number of rotatable bonds is 5. The maximum absolute atomic E-state index is 14.4. The zero-order valence-electron chi connectivity index (χ0n) is 21.4. The van der Waals surface area contributed by atoms with E-state index in [0.717, 1.165) is 31.0 Å². The molecule has 6 rings (SSSR count). The number of fused-ring (bicyclic) bond motifs is 2. The Bertz CT molecular complexity index is 1780. The van der Waals surface area contributed by atoms with Crippen molar-refractivity contribution in [3.8, 4) is 0 Å². The van der Waals surface area contributed by atoms with Crippen LogP contribution in [0.5, 0.6) is 0 Å². The molecule has 3 aromatic rings. The predicted octanol–water partition coefficient (Wildman–Crippen LogP) is 5.96. The number of hydrogen-bond donors (Lipinski definition) is 1. The van der Waals surface area contributed by atoms with Crippen molar-refractivity contribution in [1.29, 1.82) is 0 Å². The first-order valence-corrected chi connectivity index (χ1v) is 17.0. The average molecular weight is 642 g/mol. The first-order chi connectivity index (χ1) is 19.3. The lowest BCUT2D eigenvalue weighted by atomic mass is 9.70. The highest BCUT2D eigenvalue weighted by Crippen LogP contribution is 2.61. The van der Waals surface area contributed by atoms with E-state index in [-0.39, 0.29) is 62.1 Å². The van der Waals surface area contributed by atoms with Gasteiger partial charge in [0.05, 0.1) is 44.4 Å². The molecule has 2 heterocycles. The molecule has 3 aliphatic rings. The number of nitrogens with one attached hydrogen (secondary N) is 1. The molecule has 2 fully saturated rings. The van der Waals surface area contributed by atoms with Gasteiger partial charge in [-0.1, -0.05) is 23.2 Å². The molecular formula is C28H24Cl2F2N2O5S2. The molecule has 1 amide bonds. The first kappa shape index (κ1) is 28.4.